The Hall–Kier alpha value is -1.47. The van der Waals surface area contributed by atoms with E-state index in [-0.39, 0.29) is 17.0 Å². The SMILES string of the molecule is Cc1ncn(C23C[C@H]4C[C@@H](CC(C(=O)N[C@H](C)CCN5CCOCC5)(C4)C2)C3)n1. The summed E-state index contributed by atoms with van der Waals surface area (Å²) in [7, 11) is 0. The number of nitrogens with one attached hydrogen (secondary N) is 1. The first-order valence-corrected chi connectivity index (χ1v) is 11.5. The third-order valence-electron chi connectivity index (χ3n) is 7.96. The number of aryl methyl sites for hydroxylation is 1. The zero-order valence-corrected chi connectivity index (χ0v) is 17.9. The minimum absolute atomic E-state index is 0.000275. The van der Waals surface area contributed by atoms with Crippen LogP contribution in [0.3, 0.4) is 0 Å². The number of hydrogen-bond donors (Lipinski definition) is 1. The summed E-state index contributed by atoms with van der Waals surface area (Å²) in [6.45, 7) is 8.82. The van der Waals surface area contributed by atoms with Gasteiger partial charge in [-0.25, -0.2) is 9.67 Å². The smallest absolute Gasteiger partial charge is 0.226 e. The maximum Gasteiger partial charge on any atom is 0.226 e. The summed E-state index contributed by atoms with van der Waals surface area (Å²) in [5.41, 5.74) is -0.211. The molecule has 1 aromatic rings. The summed E-state index contributed by atoms with van der Waals surface area (Å²) in [5, 5.41) is 8.10. The number of aromatic nitrogens is 3. The van der Waals surface area contributed by atoms with Crippen LogP contribution >= 0.6 is 0 Å². The number of amides is 1. The number of carbonyl (C=O) groups excluding carboxylic acids is 1. The van der Waals surface area contributed by atoms with Crippen molar-refractivity contribution in [3.63, 3.8) is 0 Å². The van der Waals surface area contributed by atoms with Gasteiger partial charge in [-0.3, -0.25) is 9.69 Å². The summed E-state index contributed by atoms with van der Waals surface area (Å²) in [6.07, 6.45) is 9.56. The molecule has 1 saturated heterocycles. The Balaban J connectivity index is 1.26. The molecule has 3 atom stereocenters. The van der Waals surface area contributed by atoms with Crippen LogP contribution in [0.1, 0.15) is 57.7 Å². The molecule has 6 rings (SSSR count). The number of ether oxygens (including phenoxy) is 1. The predicted octanol–water partition coefficient (Wildman–Crippen LogP) is 2.11. The Morgan fingerprint density at radius 3 is 2.66 bits per heavy atom. The molecule has 5 aliphatic rings. The minimum Gasteiger partial charge on any atom is -0.379 e. The lowest BCUT2D eigenvalue weighted by Crippen LogP contribution is -2.61. The highest BCUT2D eigenvalue weighted by Gasteiger charge is 2.61. The highest BCUT2D eigenvalue weighted by Crippen LogP contribution is 2.64. The van der Waals surface area contributed by atoms with Gasteiger partial charge in [0, 0.05) is 25.7 Å². The molecule has 1 amide bonds. The Morgan fingerprint density at radius 1 is 1.28 bits per heavy atom. The van der Waals surface area contributed by atoms with E-state index in [0.29, 0.717) is 17.7 Å². The standard InChI is InChI=1S/C22H35N5O2/c1-16(3-4-26-5-7-29-8-6-26)24-20(28)21-10-18-9-19(11-21)13-22(12-18,14-21)27-15-23-17(2)25-27/h15-16,18-19H,3-14H2,1-2H3,(H,24,28)/t16-,18+,19+,21?,22?/m1/s1. The summed E-state index contributed by atoms with van der Waals surface area (Å²) in [4.78, 5) is 20.4. The van der Waals surface area contributed by atoms with Crippen molar-refractivity contribution in [2.75, 3.05) is 32.8 Å². The van der Waals surface area contributed by atoms with E-state index in [2.05, 4.69) is 26.8 Å². The van der Waals surface area contributed by atoms with Gasteiger partial charge in [-0.2, -0.15) is 5.10 Å². The van der Waals surface area contributed by atoms with Crippen LogP contribution < -0.4 is 5.32 Å². The van der Waals surface area contributed by atoms with Gasteiger partial charge in [0.15, 0.2) is 0 Å². The zero-order valence-electron chi connectivity index (χ0n) is 17.9. The van der Waals surface area contributed by atoms with Crippen molar-refractivity contribution in [2.45, 2.75) is 70.4 Å². The van der Waals surface area contributed by atoms with Crippen molar-refractivity contribution in [3.8, 4) is 0 Å². The van der Waals surface area contributed by atoms with Crippen LogP contribution in [-0.4, -0.2) is 64.5 Å². The monoisotopic (exact) mass is 401 g/mol. The normalized spacial score (nSPS) is 37.6. The summed E-state index contributed by atoms with van der Waals surface area (Å²) < 4.78 is 7.55. The molecular weight excluding hydrogens is 366 g/mol. The van der Waals surface area contributed by atoms with Crippen LogP contribution in [0.25, 0.3) is 0 Å². The van der Waals surface area contributed by atoms with Crippen molar-refractivity contribution in [2.24, 2.45) is 17.3 Å². The molecule has 4 aliphatic carbocycles. The van der Waals surface area contributed by atoms with Crippen LogP contribution in [-0.2, 0) is 15.1 Å². The maximum absolute atomic E-state index is 13.5. The first kappa shape index (κ1) is 19.5. The molecule has 7 nitrogen and oxygen atoms in total. The Bertz CT molecular complexity index is 742. The molecule has 1 N–H and O–H groups in total. The molecule has 29 heavy (non-hydrogen) atoms. The fourth-order valence-electron chi connectivity index (χ4n) is 6.97. The van der Waals surface area contributed by atoms with Crippen LogP contribution in [0.15, 0.2) is 6.33 Å². The Kier molecular flexibility index (Phi) is 4.93. The van der Waals surface area contributed by atoms with Gasteiger partial charge in [-0.15, -0.1) is 0 Å². The van der Waals surface area contributed by atoms with Gasteiger partial charge >= 0.3 is 0 Å². The zero-order chi connectivity index (χ0) is 20.1. The lowest BCUT2D eigenvalue weighted by Gasteiger charge is -2.61. The number of morpholine rings is 1. The second-order valence-corrected chi connectivity index (χ2v) is 10.3. The van der Waals surface area contributed by atoms with Crippen molar-refractivity contribution in [1.82, 2.24) is 25.0 Å². The molecule has 0 radical (unpaired) electrons. The molecule has 160 valence electrons. The summed E-state index contributed by atoms with van der Waals surface area (Å²) in [5.74, 6) is 2.42. The van der Waals surface area contributed by atoms with E-state index in [1.54, 1.807) is 0 Å². The van der Waals surface area contributed by atoms with E-state index < -0.39 is 0 Å². The van der Waals surface area contributed by atoms with Crippen molar-refractivity contribution in [1.29, 1.82) is 0 Å². The van der Waals surface area contributed by atoms with E-state index in [1.807, 2.05) is 13.3 Å². The molecule has 2 heterocycles. The third-order valence-corrected chi connectivity index (χ3v) is 7.96. The van der Waals surface area contributed by atoms with Crippen molar-refractivity contribution in [3.05, 3.63) is 12.2 Å². The van der Waals surface area contributed by atoms with Gasteiger partial charge in [0.25, 0.3) is 0 Å². The minimum atomic E-state index is -0.211. The van der Waals surface area contributed by atoms with E-state index in [0.717, 1.165) is 77.2 Å². The van der Waals surface area contributed by atoms with Gasteiger partial charge in [0.2, 0.25) is 5.91 Å². The number of rotatable bonds is 6. The fourth-order valence-corrected chi connectivity index (χ4v) is 6.97. The molecule has 1 aliphatic heterocycles. The molecular formula is C22H35N5O2. The third kappa shape index (κ3) is 3.61. The fraction of sp³-hybridized carbons (Fsp3) is 0.864. The van der Waals surface area contributed by atoms with Gasteiger partial charge in [-0.05, 0) is 70.6 Å². The Labute approximate surface area is 173 Å². The lowest BCUT2D eigenvalue weighted by molar-refractivity contribution is -0.156. The number of carbonyl (C=O) groups is 1. The molecule has 4 saturated carbocycles. The van der Waals surface area contributed by atoms with E-state index in [4.69, 9.17) is 9.84 Å². The number of hydrogen-bond acceptors (Lipinski definition) is 5. The van der Waals surface area contributed by atoms with Crippen LogP contribution in [0.5, 0.6) is 0 Å². The summed E-state index contributed by atoms with van der Waals surface area (Å²) in [6, 6.07) is 0.211. The van der Waals surface area contributed by atoms with Gasteiger partial charge in [0.1, 0.15) is 12.2 Å². The van der Waals surface area contributed by atoms with Gasteiger partial charge in [0.05, 0.1) is 24.2 Å². The maximum atomic E-state index is 13.5. The topological polar surface area (TPSA) is 72.3 Å². The molecule has 7 heteroatoms. The van der Waals surface area contributed by atoms with E-state index in [1.165, 1.54) is 6.42 Å². The highest BCUT2D eigenvalue weighted by atomic mass is 16.5. The molecule has 5 fully saturated rings. The molecule has 0 aromatic carbocycles. The first-order chi connectivity index (χ1) is 14.0. The van der Waals surface area contributed by atoms with E-state index in [9.17, 15) is 4.79 Å². The van der Waals surface area contributed by atoms with Crippen LogP contribution in [0.4, 0.5) is 0 Å². The van der Waals surface area contributed by atoms with Gasteiger partial charge in [-0.1, -0.05) is 0 Å². The van der Waals surface area contributed by atoms with Crippen LogP contribution in [0.2, 0.25) is 0 Å². The molecule has 1 aromatic heterocycles. The second-order valence-electron chi connectivity index (χ2n) is 10.3. The van der Waals surface area contributed by atoms with Gasteiger partial charge < -0.3 is 10.1 Å². The molecule has 4 bridgehead atoms. The first-order valence-electron chi connectivity index (χ1n) is 11.5. The van der Waals surface area contributed by atoms with Crippen LogP contribution in [0, 0.1) is 24.2 Å². The largest absolute Gasteiger partial charge is 0.379 e. The second kappa shape index (κ2) is 7.34. The average Bonchev–Trinajstić information content (AvgIpc) is 3.13. The van der Waals surface area contributed by atoms with Crippen molar-refractivity contribution >= 4 is 5.91 Å². The quantitative estimate of drug-likeness (QED) is 0.790. The lowest BCUT2D eigenvalue weighted by atomic mass is 9.46. The number of nitrogens with zero attached hydrogens (tertiary/aromatic N) is 4. The van der Waals surface area contributed by atoms with E-state index >= 15 is 0 Å². The van der Waals surface area contributed by atoms with Crippen molar-refractivity contribution < 1.29 is 9.53 Å². The molecule has 0 unspecified atom stereocenters. The molecule has 0 spiro atoms. The predicted molar refractivity (Wildman–Crippen MR) is 109 cm³/mol. The highest BCUT2D eigenvalue weighted by molar-refractivity contribution is 5.83. The average molecular weight is 402 g/mol. The summed E-state index contributed by atoms with van der Waals surface area (Å²) >= 11 is 0. The Morgan fingerprint density at radius 2 is 2.00 bits per heavy atom.